The van der Waals surface area contributed by atoms with Crippen molar-refractivity contribution in [3.05, 3.63) is 30.3 Å². The van der Waals surface area contributed by atoms with Gasteiger partial charge in [0.15, 0.2) is 0 Å². The summed E-state index contributed by atoms with van der Waals surface area (Å²) in [5.74, 6) is 0. The van der Waals surface area contributed by atoms with Crippen LogP contribution in [0.5, 0.6) is 0 Å². The Hall–Kier alpha value is 0.943. The molecule has 0 N–H and O–H groups in total. The molecule has 0 fully saturated rings. The summed E-state index contributed by atoms with van der Waals surface area (Å²) < 4.78 is 1.26. The first-order chi connectivity index (χ1) is 4.81. The van der Waals surface area contributed by atoms with E-state index in [2.05, 4.69) is 28.1 Å². The van der Waals surface area contributed by atoms with Crippen molar-refractivity contribution in [3.63, 3.8) is 0 Å². The van der Waals surface area contributed by atoms with Crippen LogP contribution in [0, 0.1) is 0 Å². The van der Waals surface area contributed by atoms with Gasteiger partial charge in [-0.15, -0.1) is 0 Å². The maximum atomic E-state index is 4.95. The normalized spacial score (nSPS) is 7.10. The van der Waals surface area contributed by atoms with E-state index in [-0.39, 0.29) is 0 Å². The van der Waals surface area contributed by atoms with Gasteiger partial charge in [0.25, 0.3) is 0 Å². The van der Waals surface area contributed by atoms with Gasteiger partial charge in [-0.25, -0.2) is 0 Å². The van der Waals surface area contributed by atoms with E-state index >= 15 is 0 Å². The molecule has 0 atom stereocenters. The van der Waals surface area contributed by atoms with E-state index < -0.39 is 15.1 Å². The average Bonchev–Trinajstić information content (AvgIpc) is 1.91. The third-order valence-electron chi connectivity index (χ3n) is 0.756. The quantitative estimate of drug-likeness (QED) is 0.637. The van der Waals surface area contributed by atoms with Crippen LogP contribution in [0.2, 0.25) is 0 Å². The number of hydrogen-bond donors (Lipinski definition) is 0. The summed E-state index contributed by atoms with van der Waals surface area (Å²) in [6.07, 6.45) is 0. The van der Waals surface area contributed by atoms with Crippen molar-refractivity contribution in [2.24, 2.45) is 0 Å². The Morgan fingerprint density at radius 1 is 1.10 bits per heavy atom. The predicted molar refractivity (Wildman–Crippen MR) is 44.9 cm³/mol. The number of benzene rings is 1. The second kappa shape index (κ2) is 8.04. The van der Waals surface area contributed by atoms with Crippen LogP contribution < -0.4 is 4.46 Å². The van der Waals surface area contributed by atoms with Crippen LogP contribution in [-0.2, 0) is 15.1 Å². The molecule has 0 radical (unpaired) electrons. The molecule has 0 saturated heterocycles. The zero-order valence-corrected chi connectivity index (χ0v) is 11.7. The standard InChI is InChI=1S/C6H6Se.2ClH.Zn/c7-6-4-2-1-3-5-6;;;/h1-5,7H;2*1H;/q;;;+2/p-2. The van der Waals surface area contributed by atoms with Crippen LogP contribution in [0.3, 0.4) is 0 Å². The van der Waals surface area contributed by atoms with Crippen LogP contribution in [0.15, 0.2) is 30.3 Å². The van der Waals surface area contributed by atoms with Crippen molar-refractivity contribution >= 4 is 39.9 Å². The summed E-state index contributed by atoms with van der Waals surface area (Å²) in [6, 6.07) is 10.2. The van der Waals surface area contributed by atoms with Crippen molar-refractivity contribution in [3.8, 4) is 0 Å². The third-order valence-corrected chi connectivity index (χ3v) is 1.38. The first-order valence-electron chi connectivity index (χ1n) is 2.67. The number of hydrogen-bond acceptors (Lipinski definition) is 0. The van der Waals surface area contributed by atoms with E-state index in [0.717, 1.165) is 0 Å². The molecule has 0 nitrogen and oxygen atoms in total. The van der Waals surface area contributed by atoms with Crippen LogP contribution in [0.1, 0.15) is 0 Å². The van der Waals surface area contributed by atoms with Gasteiger partial charge in [-0.1, -0.05) is 0 Å². The molecule has 0 spiro atoms. The molecule has 0 aliphatic heterocycles. The minimum absolute atomic E-state index is 0.931. The summed E-state index contributed by atoms with van der Waals surface area (Å²) in [5.41, 5.74) is 0. The van der Waals surface area contributed by atoms with Gasteiger partial charge in [0.2, 0.25) is 0 Å². The molecule has 0 unspecified atom stereocenters. The Morgan fingerprint density at radius 3 is 1.70 bits per heavy atom. The number of halogens is 2. The summed E-state index contributed by atoms with van der Waals surface area (Å²) in [5, 5.41) is 0. The van der Waals surface area contributed by atoms with Gasteiger partial charge in [0, 0.05) is 0 Å². The van der Waals surface area contributed by atoms with Crippen LogP contribution in [0.25, 0.3) is 0 Å². The zero-order valence-electron chi connectivity index (χ0n) is 5.30. The van der Waals surface area contributed by atoms with Gasteiger partial charge in [-0.05, 0) is 0 Å². The van der Waals surface area contributed by atoms with Gasteiger partial charge in [0.1, 0.15) is 0 Å². The van der Waals surface area contributed by atoms with E-state index in [1.165, 1.54) is 4.46 Å². The molecule has 0 aliphatic rings. The first-order valence-corrected chi connectivity index (χ1v) is 11.4. The summed E-state index contributed by atoms with van der Waals surface area (Å²) in [7, 11) is 9.90. The van der Waals surface area contributed by atoms with E-state index in [4.69, 9.17) is 19.4 Å². The molecule has 0 saturated carbocycles. The van der Waals surface area contributed by atoms with E-state index in [0.29, 0.717) is 0 Å². The average molecular weight is 293 g/mol. The van der Waals surface area contributed by atoms with E-state index in [9.17, 15) is 0 Å². The first kappa shape index (κ1) is 10.9. The molecular weight excluding hydrogens is 287 g/mol. The van der Waals surface area contributed by atoms with Gasteiger partial charge in [0.05, 0.1) is 0 Å². The number of rotatable bonds is 0. The van der Waals surface area contributed by atoms with Crippen LogP contribution in [-0.4, -0.2) is 16.0 Å². The molecule has 10 heavy (non-hydrogen) atoms. The van der Waals surface area contributed by atoms with E-state index in [1.54, 1.807) is 0 Å². The monoisotopic (exact) mass is 292 g/mol. The molecule has 0 amide bonds. The molecule has 0 aromatic heterocycles. The summed E-state index contributed by atoms with van der Waals surface area (Å²) in [4.78, 5) is 0. The second-order valence-electron chi connectivity index (χ2n) is 1.44. The van der Waals surface area contributed by atoms with E-state index in [1.807, 2.05) is 18.2 Å². The van der Waals surface area contributed by atoms with Crippen molar-refractivity contribution in [1.29, 1.82) is 0 Å². The van der Waals surface area contributed by atoms with Crippen molar-refractivity contribution < 1.29 is 15.1 Å². The van der Waals surface area contributed by atoms with Crippen molar-refractivity contribution in [1.82, 2.24) is 0 Å². The molecule has 1 rings (SSSR count). The SMILES string of the molecule is [Cl][Zn][Cl].[SeH]c1ccccc1. The molecule has 1 aromatic rings. The fourth-order valence-electron chi connectivity index (χ4n) is 0.428. The summed E-state index contributed by atoms with van der Waals surface area (Å²) in [6.45, 7) is 0. The minimum atomic E-state index is -0.931. The van der Waals surface area contributed by atoms with Crippen LogP contribution >= 0.6 is 19.4 Å². The molecule has 0 heterocycles. The van der Waals surface area contributed by atoms with Crippen molar-refractivity contribution in [2.75, 3.05) is 0 Å². The molecule has 1 aromatic carbocycles. The molecule has 4 heteroatoms. The Morgan fingerprint density at radius 2 is 1.50 bits per heavy atom. The second-order valence-corrected chi connectivity index (χ2v) is 7.14. The van der Waals surface area contributed by atoms with Gasteiger partial charge in [-0.3, -0.25) is 0 Å². The third kappa shape index (κ3) is 7.05. The Balaban J connectivity index is 0.000000236. The fourth-order valence-corrected chi connectivity index (χ4v) is 0.789. The van der Waals surface area contributed by atoms with Gasteiger partial charge in [-0.2, -0.15) is 0 Å². The molecule has 52 valence electrons. The topological polar surface area (TPSA) is 0 Å². The molecule has 0 aliphatic carbocycles. The van der Waals surface area contributed by atoms with Crippen LogP contribution in [0.4, 0.5) is 0 Å². The van der Waals surface area contributed by atoms with Crippen molar-refractivity contribution in [2.45, 2.75) is 0 Å². The maximum absolute atomic E-state index is 4.95. The fraction of sp³-hybridized carbons (Fsp3) is 0. The summed E-state index contributed by atoms with van der Waals surface area (Å²) >= 11 is 1.56. The Bertz CT molecular complexity index is 157. The molecule has 0 bridgehead atoms. The zero-order chi connectivity index (χ0) is 7.82. The Labute approximate surface area is 84.8 Å². The Kier molecular flexibility index (Phi) is 8.80. The molecular formula is C6H6Cl2SeZn. The van der Waals surface area contributed by atoms with Gasteiger partial charge < -0.3 is 0 Å². The predicted octanol–water partition coefficient (Wildman–Crippen LogP) is 1.59. The van der Waals surface area contributed by atoms with Gasteiger partial charge >= 0.3 is 85.3 Å².